The maximum atomic E-state index is 12.4. The number of carbonyl (C=O) groups is 2. The average molecular weight is 318 g/mol. The zero-order valence-corrected chi connectivity index (χ0v) is 14.2. The largest absolute Gasteiger partial charge is 0.374 e. The summed E-state index contributed by atoms with van der Waals surface area (Å²) in [4.78, 5) is 29.6. The number of carbonyl (C=O) groups excluding carboxylic acids is 2. The monoisotopic (exact) mass is 318 g/mol. The first-order chi connectivity index (χ1) is 10.9. The van der Waals surface area contributed by atoms with E-state index < -0.39 is 0 Å². The number of piperazine rings is 1. The van der Waals surface area contributed by atoms with Crippen molar-refractivity contribution in [2.45, 2.75) is 19.4 Å². The van der Waals surface area contributed by atoms with Crippen LogP contribution in [0.4, 0.5) is 5.69 Å². The van der Waals surface area contributed by atoms with Crippen molar-refractivity contribution in [1.82, 2.24) is 9.80 Å². The molecular weight excluding hydrogens is 292 g/mol. The molecule has 0 radical (unpaired) electrons. The molecule has 0 bridgehead atoms. The third kappa shape index (κ3) is 4.45. The second kappa shape index (κ2) is 7.46. The summed E-state index contributed by atoms with van der Waals surface area (Å²) >= 11 is 0. The molecule has 126 valence electrons. The van der Waals surface area contributed by atoms with E-state index in [-0.39, 0.29) is 17.9 Å². The molecule has 2 N–H and O–H groups in total. The maximum Gasteiger partial charge on any atom is 0.236 e. The molecule has 0 aromatic heterocycles. The van der Waals surface area contributed by atoms with Crippen molar-refractivity contribution in [2.24, 2.45) is 5.73 Å². The molecule has 0 unspecified atom stereocenters. The number of amides is 2. The Morgan fingerprint density at radius 1 is 1.35 bits per heavy atom. The van der Waals surface area contributed by atoms with Crippen molar-refractivity contribution in [3.8, 4) is 0 Å². The smallest absolute Gasteiger partial charge is 0.236 e. The van der Waals surface area contributed by atoms with Gasteiger partial charge in [-0.25, -0.2) is 0 Å². The van der Waals surface area contributed by atoms with Gasteiger partial charge in [0.25, 0.3) is 0 Å². The topological polar surface area (TPSA) is 69.9 Å². The minimum absolute atomic E-state index is 0.0730. The van der Waals surface area contributed by atoms with Crippen LogP contribution in [-0.2, 0) is 9.59 Å². The van der Waals surface area contributed by atoms with E-state index in [9.17, 15) is 9.59 Å². The third-order valence-electron chi connectivity index (χ3n) is 4.43. The molecule has 1 aliphatic heterocycles. The molecule has 0 saturated carbocycles. The molecule has 23 heavy (non-hydrogen) atoms. The van der Waals surface area contributed by atoms with Crippen LogP contribution in [0.25, 0.3) is 0 Å². The maximum absolute atomic E-state index is 12.4. The summed E-state index contributed by atoms with van der Waals surface area (Å²) in [5, 5.41) is 0. The van der Waals surface area contributed by atoms with Crippen molar-refractivity contribution in [1.29, 1.82) is 0 Å². The van der Waals surface area contributed by atoms with Gasteiger partial charge in [-0.3, -0.25) is 14.5 Å². The summed E-state index contributed by atoms with van der Waals surface area (Å²) in [5.41, 5.74) is 7.71. The molecule has 1 atom stereocenters. The molecule has 0 aliphatic carbocycles. The Morgan fingerprint density at radius 3 is 2.74 bits per heavy atom. The Bertz CT molecular complexity index is 575. The van der Waals surface area contributed by atoms with Crippen molar-refractivity contribution in [3.63, 3.8) is 0 Å². The van der Waals surface area contributed by atoms with Gasteiger partial charge in [0.1, 0.15) is 6.04 Å². The Kier molecular flexibility index (Phi) is 5.60. The predicted octanol–water partition coefficient (Wildman–Crippen LogP) is 0.449. The van der Waals surface area contributed by atoms with Gasteiger partial charge in [0, 0.05) is 45.3 Å². The van der Waals surface area contributed by atoms with E-state index in [0.717, 1.165) is 5.69 Å². The van der Waals surface area contributed by atoms with E-state index in [2.05, 4.69) is 24.0 Å². The van der Waals surface area contributed by atoms with Gasteiger partial charge in [-0.2, -0.15) is 0 Å². The van der Waals surface area contributed by atoms with Gasteiger partial charge in [0.2, 0.25) is 11.8 Å². The van der Waals surface area contributed by atoms with E-state index in [1.807, 2.05) is 31.1 Å². The highest BCUT2D eigenvalue weighted by molar-refractivity contribution is 5.82. The molecule has 1 aromatic rings. The number of likely N-dealkylation sites (N-methyl/N-ethyl adjacent to an activating group) is 1. The highest BCUT2D eigenvalue weighted by Gasteiger charge is 2.30. The summed E-state index contributed by atoms with van der Waals surface area (Å²) in [6.45, 7) is 4.41. The fraction of sp³-hybridized carbons (Fsp3) is 0.529. The number of rotatable bonds is 5. The second-order valence-electron chi connectivity index (χ2n) is 6.25. The molecular formula is C17H26N4O2. The summed E-state index contributed by atoms with van der Waals surface area (Å²) in [6.07, 6.45) is 0.430. The number of nitrogens with two attached hydrogens (primary N) is 1. The van der Waals surface area contributed by atoms with Gasteiger partial charge < -0.3 is 15.5 Å². The van der Waals surface area contributed by atoms with Crippen LogP contribution in [0.15, 0.2) is 24.3 Å². The van der Waals surface area contributed by atoms with E-state index >= 15 is 0 Å². The zero-order valence-electron chi connectivity index (χ0n) is 14.2. The molecule has 0 spiro atoms. The van der Waals surface area contributed by atoms with Crippen molar-refractivity contribution in [2.75, 3.05) is 45.2 Å². The first-order valence-electron chi connectivity index (χ1n) is 7.93. The van der Waals surface area contributed by atoms with Crippen molar-refractivity contribution >= 4 is 17.5 Å². The fourth-order valence-corrected chi connectivity index (χ4v) is 2.82. The summed E-state index contributed by atoms with van der Waals surface area (Å²) in [6, 6.07) is 7.82. The Balaban J connectivity index is 1.88. The van der Waals surface area contributed by atoms with Gasteiger partial charge in [-0.1, -0.05) is 12.1 Å². The lowest BCUT2D eigenvalue weighted by Crippen LogP contribution is -2.58. The van der Waals surface area contributed by atoms with Crippen LogP contribution >= 0.6 is 0 Å². The number of hydrogen-bond acceptors (Lipinski definition) is 4. The first kappa shape index (κ1) is 17.3. The quantitative estimate of drug-likeness (QED) is 0.856. The SMILES string of the molecule is Cc1cccc(N(C)CCC(=O)N2CCN(C)[C@@H](C(N)=O)C2)c1. The number of nitrogens with zero attached hydrogens (tertiary/aromatic N) is 3. The molecule has 1 heterocycles. The van der Waals surface area contributed by atoms with E-state index in [1.54, 1.807) is 4.90 Å². The Hall–Kier alpha value is -2.08. The van der Waals surface area contributed by atoms with Crippen LogP contribution in [-0.4, -0.2) is 67.9 Å². The number of benzene rings is 1. The molecule has 1 fully saturated rings. The van der Waals surface area contributed by atoms with Crippen LogP contribution in [0.2, 0.25) is 0 Å². The van der Waals surface area contributed by atoms with E-state index in [1.165, 1.54) is 5.56 Å². The van der Waals surface area contributed by atoms with Crippen molar-refractivity contribution in [3.05, 3.63) is 29.8 Å². The number of aryl methyl sites for hydroxylation is 1. The van der Waals surface area contributed by atoms with Crippen molar-refractivity contribution < 1.29 is 9.59 Å². The fourth-order valence-electron chi connectivity index (χ4n) is 2.82. The van der Waals surface area contributed by atoms with Crippen LogP contribution in [0.3, 0.4) is 0 Å². The Labute approximate surface area is 137 Å². The molecule has 6 nitrogen and oxygen atoms in total. The van der Waals surface area contributed by atoms with Gasteiger partial charge in [0.15, 0.2) is 0 Å². The third-order valence-corrected chi connectivity index (χ3v) is 4.43. The van der Waals surface area contributed by atoms with Gasteiger partial charge in [-0.05, 0) is 31.7 Å². The predicted molar refractivity (Wildman–Crippen MR) is 91.3 cm³/mol. The highest BCUT2D eigenvalue weighted by Crippen LogP contribution is 2.15. The minimum Gasteiger partial charge on any atom is -0.374 e. The summed E-state index contributed by atoms with van der Waals surface area (Å²) in [7, 11) is 3.85. The molecule has 1 aromatic carbocycles. The lowest BCUT2D eigenvalue weighted by Gasteiger charge is -2.38. The summed E-state index contributed by atoms with van der Waals surface area (Å²) in [5.74, 6) is -0.300. The van der Waals surface area contributed by atoms with E-state index in [4.69, 9.17) is 5.73 Å². The molecule has 1 aliphatic rings. The lowest BCUT2D eigenvalue weighted by molar-refractivity contribution is -0.136. The summed E-state index contributed by atoms with van der Waals surface area (Å²) < 4.78 is 0. The second-order valence-corrected chi connectivity index (χ2v) is 6.25. The highest BCUT2D eigenvalue weighted by atomic mass is 16.2. The van der Waals surface area contributed by atoms with Crippen LogP contribution in [0.1, 0.15) is 12.0 Å². The van der Waals surface area contributed by atoms with Gasteiger partial charge in [-0.15, -0.1) is 0 Å². The van der Waals surface area contributed by atoms with Gasteiger partial charge in [0.05, 0.1) is 0 Å². The number of primary amides is 1. The van der Waals surface area contributed by atoms with Crippen LogP contribution in [0, 0.1) is 6.92 Å². The van der Waals surface area contributed by atoms with Gasteiger partial charge >= 0.3 is 0 Å². The lowest BCUT2D eigenvalue weighted by atomic mass is 10.1. The average Bonchev–Trinajstić information content (AvgIpc) is 2.52. The first-order valence-corrected chi connectivity index (χ1v) is 7.93. The van der Waals surface area contributed by atoms with Crippen LogP contribution in [0.5, 0.6) is 0 Å². The number of anilines is 1. The van der Waals surface area contributed by atoms with Crippen LogP contribution < -0.4 is 10.6 Å². The molecule has 6 heteroatoms. The molecule has 1 saturated heterocycles. The Morgan fingerprint density at radius 2 is 2.09 bits per heavy atom. The minimum atomic E-state index is -0.387. The molecule has 2 amide bonds. The zero-order chi connectivity index (χ0) is 17.0. The van der Waals surface area contributed by atoms with E-state index in [0.29, 0.717) is 32.6 Å². The normalized spacial score (nSPS) is 18.7. The number of hydrogen-bond donors (Lipinski definition) is 1. The molecule has 2 rings (SSSR count). The standard InChI is InChI=1S/C17H26N4O2/c1-13-5-4-6-14(11-13)19(2)8-7-16(22)21-10-9-20(3)15(12-21)17(18)23/h4-6,11,15H,7-10,12H2,1-3H3,(H2,18,23)/t15-/m1/s1.